The van der Waals surface area contributed by atoms with Crippen LogP contribution < -0.4 is 11.1 Å². The predicted octanol–water partition coefficient (Wildman–Crippen LogP) is 3.38. The smallest absolute Gasteiger partial charge is 0.0353 e. The lowest BCUT2D eigenvalue weighted by Gasteiger charge is -2.32. The molecule has 0 heterocycles. The second kappa shape index (κ2) is 5.69. The quantitative estimate of drug-likeness (QED) is 0.892. The third-order valence-corrected chi connectivity index (χ3v) is 3.88. The predicted molar refractivity (Wildman–Crippen MR) is 72.6 cm³/mol. The van der Waals surface area contributed by atoms with Gasteiger partial charge in [0.15, 0.2) is 0 Å². The average Bonchev–Trinajstić information content (AvgIpc) is 2.30. The second-order valence-electron chi connectivity index (χ2n) is 4.54. The first-order chi connectivity index (χ1) is 7.79. The van der Waals surface area contributed by atoms with Crippen LogP contribution in [-0.4, -0.2) is 12.6 Å². The van der Waals surface area contributed by atoms with Crippen molar-refractivity contribution in [3.05, 3.63) is 28.7 Å². The molecule has 0 spiro atoms. The number of hydrogen-bond donors (Lipinski definition) is 2. The number of benzene rings is 1. The highest BCUT2D eigenvalue weighted by atomic mass is 79.9. The maximum absolute atomic E-state index is 5.83. The van der Waals surface area contributed by atoms with Crippen molar-refractivity contribution in [2.45, 2.75) is 31.7 Å². The van der Waals surface area contributed by atoms with Crippen molar-refractivity contribution < 1.29 is 0 Å². The Morgan fingerprint density at radius 2 is 2.12 bits per heavy atom. The standard InChI is InChI=1S/C13H19BrN2/c14-11-5-3-6-12(8-11)16-13-7-2-1-4-10(13)9-15/h3,5-6,8,10,13,16H,1-2,4,7,9,15H2. The van der Waals surface area contributed by atoms with Crippen LogP contribution in [0.5, 0.6) is 0 Å². The van der Waals surface area contributed by atoms with Crippen LogP contribution in [0, 0.1) is 5.92 Å². The van der Waals surface area contributed by atoms with Crippen molar-refractivity contribution in [2.24, 2.45) is 11.7 Å². The molecule has 2 unspecified atom stereocenters. The van der Waals surface area contributed by atoms with E-state index >= 15 is 0 Å². The molecule has 88 valence electrons. The second-order valence-corrected chi connectivity index (χ2v) is 5.46. The van der Waals surface area contributed by atoms with Crippen LogP contribution in [0.2, 0.25) is 0 Å². The van der Waals surface area contributed by atoms with Gasteiger partial charge in [0.1, 0.15) is 0 Å². The summed E-state index contributed by atoms with van der Waals surface area (Å²) in [4.78, 5) is 0. The largest absolute Gasteiger partial charge is 0.382 e. The van der Waals surface area contributed by atoms with Gasteiger partial charge in [0.05, 0.1) is 0 Å². The van der Waals surface area contributed by atoms with Crippen molar-refractivity contribution in [1.82, 2.24) is 0 Å². The van der Waals surface area contributed by atoms with Crippen molar-refractivity contribution in [3.8, 4) is 0 Å². The molecule has 1 aliphatic rings. The van der Waals surface area contributed by atoms with E-state index in [0.717, 1.165) is 11.0 Å². The van der Waals surface area contributed by atoms with Crippen LogP contribution >= 0.6 is 15.9 Å². The number of halogens is 1. The van der Waals surface area contributed by atoms with Gasteiger partial charge in [-0.25, -0.2) is 0 Å². The first-order valence-corrected chi connectivity index (χ1v) is 6.81. The van der Waals surface area contributed by atoms with E-state index in [4.69, 9.17) is 5.73 Å². The van der Waals surface area contributed by atoms with E-state index < -0.39 is 0 Å². The van der Waals surface area contributed by atoms with Gasteiger partial charge in [0, 0.05) is 16.2 Å². The third-order valence-electron chi connectivity index (χ3n) is 3.39. The highest BCUT2D eigenvalue weighted by molar-refractivity contribution is 9.10. The lowest BCUT2D eigenvalue weighted by atomic mass is 9.84. The first kappa shape index (κ1) is 11.9. The van der Waals surface area contributed by atoms with Gasteiger partial charge < -0.3 is 11.1 Å². The van der Waals surface area contributed by atoms with E-state index in [2.05, 4.69) is 39.4 Å². The molecule has 0 radical (unpaired) electrons. The lowest BCUT2D eigenvalue weighted by Crippen LogP contribution is -2.36. The van der Waals surface area contributed by atoms with Gasteiger partial charge in [0.25, 0.3) is 0 Å². The molecule has 2 atom stereocenters. The molecular formula is C13H19BrN2. The Balaban J connectivity index is 2.02. The number of nitrogens with one attached hydrogen (secondary N) is 1. The molecule has 2 nitrogen and oxygen atoms in total. The third kappa shape index (κ3) is 2.98. The summed E-state index contributed by atoms with van der Waals surface area (Å²) in [5.74, 6) is 0.632. The molecule has 0 aliphatic heterocycles. The summed E-state index contributed by atoms with van der Waals surface area (Å²) in [6.07, 6.45) is 5.16. The SMILES string of the molecule is NCC1CCCCC1Nc1cccc(Br)c1. The fourth-order valence-corrected chi connectivity index (χ4v) is 2.87. The highest BCUT2D eigenvalue weighted by Gasteiger charge is 2.23. The van der Waals surface area contributed by atoms with E-state index in [1.54, 1.807) is 0 Å². The monoisotopic (exact) mass is 282 g/mol. The zero-order chi connectivity index (χ0) is 11.4. The molecule has 0 saturated heterocycles. The van der Waals surface area contributed by atoms with E-state index in [0.29, 0.717) is 12.0 Å². The molecule has 0 bridgehead atoms. The highest BCUT2D eigenvalue weighted by Crippen LogP contribution is 2.27. The van der Waals surface area contributed by atoms with Crippen LogP contribution in [0.1, 0.15) is 25.7 Å². The van der Waals surface area contributed by atoms with Crippen molar-refractivity contribution in [3.63, 3.8) is 0 Å². The minimum absolute atomic E-state index is 0.549. The van der Waals surface area contributed by atoms with Crippen LogP contribution in [0.15, 0.2) is 28.7 Å². The Hall–Kier alpha value is -0.540. The summed E-state index contributed by atoms with van der Waals surface area (Å²) in [5.41, 5.74) is 7.02. The molecule has 16 heavy (non-hydrogen) atoms. The van der Waals surface area contributed by atoms with E-state index in [9.17, 15) is 0 Å². The summed E-state index contributed by atoms with van der Waals surface area (Å²) in [6.45, 7) is 0.797. The van der Waals surface area contributed by atoms with Gasteiger partial charge in [-0.2, -0.15) is 0 Å². The lowest BCUT2D eigenvalue weighted by molar-refractivity contribution is 0.332. The fraction of sp³-hybridized carbons (Fsp3) is 0.538. The number of nitrogens with two attached hydrogens (primary N) is 1. The Labute approximate surface area is 106 Å². The van der Waals surface area contributed by atoms with Gasteiger partial charge in [-0.15, -0.1) is 0 Å². The molecule has 1 aromatic carbocycles. The zero-order valence-electron chi connectivity index (χ0n) is 9.45. The summed E-state index contributed by atoms with van der Waals surface area (Å²) >= 11 is 3.49. The molecule has 0 aromatic heterocycles. The molecule has 1 saturated carbocycles. The van der Waals surface area contributed by atoms with Gasteiger partial charge in [-0.1, -0.05) is 34.8 Å². The average molecular weight is 283 g/mol. The Bertz CT molecular complexity index is 340. The van der Waals surface area contributed by atoms with Crippen molar-refractivity contribution in [2.75, 3.05) is 11.9 Å². The number of rotatable bonds is 3. The van der Waals surface area contributed by atoms with Crippen LogP contribution in [-0.2, 0) is 0 Å². The minimum Gasteiger partial charge on any atom is -0.382 e. The summed E-state index contributed by atoms with van der Waals surface area (Å²) < 4.78 is 1.12. The molecule has 1 aliphatic carbocycles. The molecule has 1 aromatic rings. The van der Waals surface area contributed by atoms with Gasteiger partial charge >= 0.3 is 0 Å². The van der Waals surface area contributed by atoms with Gasteiger partial charge in [0.2, 0.25) is 0 Å². The van der Waals surface area contributed by atoms with Crippen LogP contribution in [0.4, 0.5) is 5.69 Å². The number of hydrogen-bond acceptors (Lipinski definition) is 2. The van der Waals surface area contributed by atoms with Gasteiger partial charge in [-0.3, -0.25) is 0 Å². The molecule has 0 amide bonds. The van der Waals surface area contributed by atoms with Crippen LogP contribution in [0.3, 0.4) is 0 Å². The summed E-state index contributed by atoms with van der Waals surface area (Å²) in [6, 6.07) is 8.90. The molecule has 3 N–H and O–H groups in total. The molecule has 2 rings (SSSR count). The Morgan fingerprint density at radius 1 is 1.31 bits per heavy atom. The van der Waals surface area contributed by atoms with Crippen LogP contribution in [0.25, 0.3) is 0 Å². The summed E-state index contributed by atoms with van der Waals surface area (Å²) in [5, 5.41) is 3.61. The van der Waals surface area contributed by atoms with Crippen molar-refractivity contribution in [1.29, 1.82) is 0 Å². The first-order valence-electron chi connectivity index (χ1n) is 6.02. The minimum atomic E-state index is 0.549. The maximum atomic E-state index is 5.83. The van der Waals surface area contributed by atoms with E-state index in [1.807, 2.05) is 6.07 Å². The van der Waals surface area contributed by atoms with Crippen molar-refractivity contribution >= 4 is 21.6 Å². The zero-order valence-corrected chi connectivity index (χ0v) is 11.0. The fourth-order valence-electron chi connectivity index (χ4n) is 2.47. The maximum Gasteiger partial charge on any atom is 0.0353 e. The molecular weight excluding hydrogens is 264 g/mol. The molecule has 3 heteroatoms. The Morgan fingerprint density at radius 3 is 2.88 bits per heavy atom. The Kier molecular flexibility index (Phi) is 4.24. The van der Waals surface area contributed by atoms with Gasteiger partial charge in [-0.05, 0) is 43.5 Å². The molecule has 1 fully saturated rings. The summed E-state index contributed by atoms with van der Waals surface area (Å²) in [7, 11) is 0. The van der Waals surface area contributed by atoms with E-state index in [-0.39, 0.29) is 0 Å². The number of anilines is 1. The van der Waals surface area contributed by atoms with E-state index in [1.165, 1.54) is 31.4 Å². The normalized spacial score (nSPS) is 25.4. The topological polar surface area (TPSA) is 38.0 Å².